The first-order valence-corrected chi connectivity index (χ1v) is 8.16. The van der Waals surface area contributed by atoms with Crippen LogP contribution < -0.4 is 10.6 Å². The van der Waals surface area contributed by atoms with Crippen molar-refractivity contribution in [1.29, 1.82) is 0 Å². The molecule has 0 radical (unpaired) electrons. The van der Waals surface area contributed by atoms with Gasteiger partial charge in [0.05, 0.1) is 22.2 Å². The molecule has 0 saturated carbocycles. The van der Waals surface area contributed by atoms with Gasteiger partial charge in [0.25, 0.3) is 0 Å². The van der Waals surface area contributed by atoms with Crippen molar-refractivity contribution in [3.05, 3.63) is 28.2 Å². The molecule has 1 aliphatic heterocycles. The van der Waals surface area contributed by atoms with Gasteiger partial charge in [0, 0.05) is 11.1 Å². The number of carbonyl (C=O) groups excluding carboxylic acids is 1. The number of nitrogens with one attached hydrogen (secondary N) is 2. The number of anilines is 1. The number of carbonyl (C=O) groups is 1. The van der Waals surface area contributed by atoms with Crippen molar-refractivity contribution in [2.24, 2.45) is 0 Å². The van der Waals surface area contributed by atoms with E-state index >= 15 is 0 Å². The minimum Gasteiger partial charge on any atom is -0.334 e. The molecule has 2 rings (SSSR count). The number of hydrogen-bond donors (Lipinski definition) is 2. The van der Waals surface area contributed by atoms with Gasteiger partial charge in [-0.15, -0.1) is 0 Å². The monoisotopic (exact) mass is 322 g/mol. The van der Waals surface area contributed by atoms with E-state index in [4.69, 9.17) is 23.2 Å². The molecule has 19 heavy (non-hydrogen) atoms. The minimum atomic E-state index is -3.02. The highest BCUT2D eigenvalue weighted by molar-refractivity contribution is 7.91. The average Bonchev–Trinajstić information content (AvgIpc) is 2.63. The summed E-state index contributed by atoms with van der Waals surface area (Å²) in [6.07, 6.45) is 0.430. The Balaban J connectivity index is 1.97. The van der Waals surface area contributed by atoms with E-state index in [1.54, 1.807) is 12.1 Å². The van der Waals surface area contributed by atoms with Crippen LogP contribution in [0, 0.1) is 0 Å². The molecule has 1 unspecified atom stereocenters. The molecule has 0 bridgehead atoms. The Kier molecular flexibility index (Phi) is 4.23. The van der Waals surface area contributed by atoms with E-state index in [2.05, 4.69) is 10.6 Å². The van der Waals surface area contributed by atoms with Gasteiger partial charge >= 0.3 is 6.03 Å². The van der Waals surface area contributed by atoms with Crippen LogP contribution in [0.5, 0.6) is 0 Å². The second-order valence-electron chi connectivity index (χ2n) is 4.32. The Hall–Kier alpha value is -0.980. The van der Waals surface area contributed by atoms with Crippen molar-refractivity contribution in [1.82, 2.24) is 5.32 Å². The number of rotatable bonds is 2. The fraction of sp³-hybridized carbons (Fsp3) is 0.364. The molecule has 1 aromatic carbocycles. The first kappa shape index (κ1) is 14.4. The smallest absolute Gasteiger partial charge is 0.319 e. The van der Waals surface area contributed by atoms with Gasteiger partial charge in [0.2, 0.25) is 0 Å². The van der Waals surface area contributed by atoms with Gasteiger partial charge in [-0.3, -0.25) is 0 Å². The molecule has 0 aliphatic carbocycles. The predicted molar refractivity (Wildman–Crippen MR) is 75.7 cm³/mol. The molecule has 0 spiro atoms. The van der Waals surface area contributed by atoms with Crippen LogP contribution in [0.4, 0.5) is 10.5 Å². The predicted octanol–water partition coefficient (Wildman–Crippen LogP) is 2.30. The van der Waals surface area contributed by atoms with Crippen molar-refractivity contribution in [3.8, 4) is 0 Å². The number of urea groups is 1. The summed E-state index contributed by atoms with van der Waals surface area (Å²) < 4.78 is 22.5. The number of amides is 2. The average molecular weight is 323 g/mol. The normalized spacial score (nSPS) is 21.1. The Morgan fingerprint density at radius 2 is 2.05 bits per heavy atom. The topological polar surface area (TPSA) is 75.3 Å². The first-order valence-electron chi connectivity index (χ1n) is 5.59. The maximum absolute atomic E-state index is 11.7. The Labute approximate surface area is 121 Å². The van der Waals surface area contributed by atoms with E-state index in [0.29, 0.717) is 22.2 Å². The summed E-state index contributed by atoms with van der Waals surface area (Å²) in [7, 11) is -3.02. The third-order valence-corrected chi connectivity index (χ3v) is 5.08. The van der Waals surface area contributed by atoms with E-state index in [0.717, 1.165) is 0 Å². The molecule has 1 atom stereocenters. The SMILES string of the molecule is O=C(Nc1cc(Cl)ccc1Cl)NC1CCS(=O)(=O)C1. The Morgan fingerprint density at radius 1 is 1.32 bits per heavy atom. The summed E-state index contributed by atoms with van der Waals surface area (Å²) in [5.41, 5.74) is 0.382. The van der Waals surface area contributed by atoms with Crippen molar-refractivity contribution in [2.45, 2.75) is 12.5 Å². The molecule has 2 amide bonds. The molecular formula is C11H12Cl2N2O3S. The molecule has 2 N–H and O–H groups in total. The number of benzene rings is 1. The molecule has 8 heteroatoms. The minimum absolute atomic E-state index is 0.0241. The van der Waals surface area contributed by atoms with Gasteiger partial charge in [0.1, 0.15) is 0 Å². The second kappa shape index (κ2) is 5.56. The van der Waals surface area contributed by atoms with E-state index < -0.39 is 15.9 Å². The van der Waals surface area contributed by atoms with Crippen LogP contribution in [-0.2, 0) is 9.84 Å². The maximum Gasteiger partial charge on any atom is 0.319 e. The summed E-state index contributed by atoms with van der Waals surface area (Å²) in [4.78, 5) is 11.7. The molecule has 1 aliphatic rings. The van der Waals surface area contributed by atoms with Crippen LogP contribution in [0.15, 0.2) is 18.2 Å². The van der Waals surface area contributed by atoms with Crippen LogP contribution in [0.3, 0.4) is 0 Å². The summed E-state index contributed by atoms with van der Waals surface area (Å²) >= 11 is 11.7. The first-order chi connectivity index (χ1) is 8.85. The van der Waals surface area contributed by atoms with E-state index in [-0.39, 0.29) is 17.5 Å². The van der Waals surface area contributed by atoms with Crippen molar-refractivity contribution >= 4 is 44.8 Å². The number of sulfone groups is 1. The van der Waals surface area contributed by atoms with Crippen molar-refractivity contribution in [3.63, 3.8) is 0 Å². The zero-order chi connectivity index (χ0) is 14.0. The van der Waals surface area contributed by atoms with E-state index in [9.17, 15) is 13.2 Å². The van der Waals surface area contributed by atoms with Gasteiger partial charge < -0.3 is 10.6 Å². The Morgan fingerprint density at radius 3 is 2.68 bits per heavy atom. The zero-order valence-corrected chi connectivity index (χ0v) is 12.1. The van der Waals surface area contributed by atoms with Crippen LogP contribution >= 0.6 is 23.2 Å². The quantitative estimate of drug-likeness (QED) is 0.877. The van der Waals surface area contributed by atoms with Gasteiger partial charge in [-0.2, -0.15) is 0 Å². The number of hydrogen-bond acceptors (Lipinski definition) is 3. The van der Waals surface area contributed by atoms with Gasteiger partial charge in [0.15, 0.2) is 9.84 Å². The lowest BCUT2D eigenvalue weighted by molar-refractivity contribution is 0.249. The standard InChI is InChI=1S/C11H12Cl2N2O3S/c12-7-1-2-9(13)10(5-7)15-11(16)14-8-3-4-19(17,18)6-8/h1-2,5,8H,3-4,6H2,(H2,14,15,16). The highest BCUT2D eigenvalue weighted by atomic mass is 35.5. The molecule has 1 aromatic rings. The fourth-order valence-corrected chi connectivity index (χ4v) is 3.86. The van der Waals surface area contributed by atoms with Crippen molar-refractivity contribution in [2.75, 3.05) is 16.8 Å². The fourth-order valence-electron chi connectivity index (χ4n) is 1.85. The van der Waals surface area contributed by atoms with Gasteiger partial charge in [-0.1, -0.05) is 23.2 Å². The summed E-state index contributed by atoms with van der Waals surface area (Å²) in [6, 6.07) is 3.85. The molecule has 1 saturated heterocycles. The lowest BCUT2D eigenvalue weighted by Gasteiger charge is -2.13. The molecule has 104 valence electrons. The second-order valence-corrected chi connectivity index (χ2v) is 7.39. The molecule has 1 fully saturated rings. The van der Waals surface area contributed by atoms with Crippen LogP contribution in [0.25, 0.3) is 0 Å². The zero-order valence-electron chi connectivity index (χ0n) is 9.82. The van der Waals surface area contributed by atoms with Crippen molar-refractivity contribution < 1.29 is 13.2 Å². The third-order valence-electron chi connectivity index (χ3n) is 2.74. The van der Waals surface area contributed by atoms with Crippen LogP contribution in [-0.4, -0.2) is 32.0 Å². The summed E-state index contributed by atoms with van der Waals surface area (Å²) in [5.74, 6) is 0.0829. The Bertz CT molecular complexity index is 604. The van der Waals surface area contributed by atoms with Gasteiger partial charge in [-0.05, 0) is 24.6 Å². The molecule has 0 aromatic heterocycles. The maximum atomic E-state index is 11.7. The van der Waals surface area contributed by atoms with E-state index in [1.807, 2.05) is 0 Å². The van der Waals surface area contributed by atoms with E-state index in [1.165, 1.54) is 6.07 Å². The lowest BCUT2D eigenvalue weighted by Crippen LogP contribution is -2.38. The summed E-state index contributed by atoms with van der Waals surface area (Å²) in [6.45, 7) is 0. The van der Waals surface area contributed by atoms with Crippen LogP contribution in [0.1, 0.15) is 6.42 Å². The summed E-state index contributed by atoms with van der Waals surface area (Å²) in [5, 5.41) is 5.95. The molecular weight excluding hydrogens is 311 g/mol. The third kappa shape index (κ3) is 3.99. The highest BCUT2D eigenvalue weighted by Gasteiger charge is 2.28. The lowest BCUT2D eigenvalue weighted by atomic mass is 10.3. The van der Waals surface area contributed by atoms with Crippen LogP contribution in [0.2, 0.25) is 10.0 Å². The number of halogens is 2. The molecule has 5 nitrogen and oxygen atoms in total. The largest absolute Gasteiger partial charge is 0.334 e. The van der Waals surface area contributed by atoms with Gasteiger partial charge in [-0.25, -0.2) is 13.2 Å². The highest BCUT2D eigenvalue weighted by Crippen LogP contribution is 2.25. The molecule has 1 heterocycles.